The maximum atomic E-state index is 12.9. The lowest BCUT2D eigenvalue weighted by Gasteiger charge is -2.44. The van der Waals surface area contributed by atoms with Gasteiger partial charge in [-0.15, -0.1) is 0 Å². The maximum Gasteiger partial charge on any atom is 0.172 e. The third-order valence-electron chi connectivity index (χ3n) is 7.21. The number of para-hydroxylation sites is 2. The molecule has 3 aliphatic rings. The van der Waals surface area contributed by atoms with Crippen LogP contribution in [-0.2, 0) is 0 Å². The van der Waals surface area contributed by atoms with Gasteiger partial charge < -0.3 is 19.3 Å². The SMILES string of the molecule is COc1ccc2c(c1)OC1(CCN(c3nc4ccccc4nc3N3CCCC3)CC1)CC2=O. The fourth-order valence-electron chi connectivity index (χ4n) is 5.34. The van der Waals surface area contributed by atoms with Crippen LogP contribution in [0.3, 0.4) is 0 Å². The van der Waals surface area contributed by atoms with Crippen molar-refractivity contribution >= 4 is 28.5 Å². The Balaban J connectivity index is 1.29. The molecule has 1 aromatic heterocycles. The average Bonchev–Trinajstić information content (AvgIpc) is 3.38. The van der Waals surface area contributed by atoms with Crippen molar-refractivity contribution in [3.8, 4) is 11.5 Å². The zero-order valence-electron chi connectivity index (χ0n) is 18.9. The molecule has 3 aliphatic heterocycles. The van der Waals surface area contributed by atoms with Gasteiger partial charge in [0.1, 0.15) is 17.1 Å². The Bertz CT molecular complexity index is 1210. The van der Waals surface area contributed by atoms with Gasteiger partial charge in [0.05, 0.1) is 30.1 Å². The number of carbonyl (C=O) groups excluding carboxylic acids is 1. The van der Waals surface area contributed by atoms with Crippen molar-refractivity contribution in [2.75, 3.05) is 43.1 Å². The zero-order valence-corrected chi connectivity index (χ0v) is 18.9. The van der Waals surface area contributed by atoms with E-state index in [-0.39, 0.29) is 5.78 Å². The Morgan fingerprint density at radius 2 is 1.55 bits per heavy atom. The number of Topliss-reactive ketones (excluding diaryl/α,β-unsaturated/α-hetero) is 1. The molecule has 7 nitrogen and oxygen atoms in total. The summed E-state index contributed by atoms with van der Waals surface area (Å²) in [5, 5.41) is 0. The van der Waals surface area contributed by atoms with Crippen molar-refractivity contribution in [3.05, 3.63) is 48.0 Å². The molecule has 0 amide bonds. The van der Waals surface area contributed by atoms with Crippen LogP contribution < -0.4 is 19.3 Å². The highest BCUT2D eigenvalue weighted by Crippen LogP contribution is 2.42. The highest BCUT2D eigenvalue weighted by atomic mass is 16.5. The Kier molecular flexibility index (Phi) is 4.85. The summed E-state index contributed by atoms with van der Waals surface area (Å²) < 4.78 is 11.8. The van der Waals surface area contributed by atoms with E-state index < -0.39 is 5.60 Å². The van der Waals surface area contributed by atoms with Crippen LogP contribution in [-0.4, -0.2) is 54.6 Å². The van der Waals surface area contributed by atoms with E-state index in [0.717, 1.165) is 61.7 Å². The number of aromatic nitrogens is 2. The summed E-state index contributed by atoms with van der Waals surface area (Å²) in [6.07, 6.45) is 4.33. The first-order valence-corrected chi connectivity index (χ1v) is 11.8. The smallest absolute Gasteiger partial charge is 0.172 e. The Morgan fingerprint density at radius 3 is 2.18 bits per heavy atom. The monoisotopic (exact) mass is 444 g/mol. The Labute approximate surface area is 193 Å². The van der Waals surface area contributed by atoms with Crippen LogP contribution in [0.15, 0.2) is 42.5 Å². The number of benzene rings is 2. The van der Waals surface area contributed by atoms with Crippen LogP contribution in [0.25, 0.3) is 11.0 Å². The van der Waals surface area contributed by atoms with Gasteiger partial charge >= 0.3 is 0 Å². The maximum absolute atomic E-state index is 12.9. The average molecular weight is 445 g/mol. The molecule has 1 spiro atoms. The van der Waals surface area contributed by atoms with E-state index in [1.54, 1.807) is 7.11 Å². The number of nitrogens with zero attached hydrogens (tertiary/aromatic N) is 4. The molecule has 0 aliphatic carbocycles. The fourth-order valence-corrected chi connectivity index (χ4v) is 5.34. The molecule has 4 heterocycles. The number of carbonyl (C=O) groups is 1. The van der Waals surface area contributed by atoms with Crippen LogP contribution >= 0.6 is 0 Å². The van der Waals surface area contributed by atoms with Gasteiger partial charge in [0.2, 0.25) is 0 Å². The van der Waals surface area contributed by atoms with Crippen LogP contribution in [0.1, 0.15) is 42.5 Å². The summed E-state index contributed by atoms with van der Waals surface area (Å²) in [4.78, 5) is 27.7. The predicted molar refractivity (Wildman–Crippen MR) is 128 cm³/mol. The van der Waals surface area contributed by atoms with Crippen molar-refractivity contribution in [1.82, 2.24) is 9.97 Å². The van der Waals surface area contributed by atoms with Crippen LogP contribution in [0.5, 0.6) is 11.5 Å². The van der Waals surface area contributed by atoms with Gasteiger partial charge in [-0.05, 0) is 37.1 Å². The summed E-state index contributed by atoms with van der Waals surface area (Å²) in [6.45, 7) is 3.60. The van der Waals surface area contributed by atoms with E-state index in [1.807, 2.05) is 42.5 Å². The number of fused-ring (bicyclic) bond motifs is 2. The molecule has 0 unspecified atom stereocenters. The molecule has 2 fully saturated rings. The van der Waals surface area contributed by atoms with Gasteiger partial charge in [0.15, 0.2) is 17.4 Å². The number of piperidine rings is 1. The third-order valence-corrected chi connectivity index (χ3v) is 7.21. The number of ketones is 1. The lowest BCUT2D eigenvalue weighted by atomic mass is 9.82. The number of anilines is 2. The van der Waals surface area contributed by atoms with E-state index in [2.05, 4.69) is 9.80 Å². The zero-order chi connectivity index (χ0) is 22.4. The first-order valence-electron chi connectivity index (χ1n) is 11.8. The van der Waals surface area contributed by atoms with E-state index >= 15 is 0 Å². The first-order chi connectivity index (χ1) is 16.1. The number of hydrogen-bond acceptors (Lipinski definition) is 7. The molecule has 33 heavy (non-hydrogen) atoms. The van der Waals surface area contributed by atoms with Gasteiger partial charge in [-0.1, -0.05) is 12.1 Å². The van der Waals surface area contributed by atoms with E-state index in [4.69, 9.17) is 19.4 Å². The molecule has 170 valence electrons. The van der Waals surface area contributed by atoms with Crippen molar-refractivity contribution in [2.45, 2.75) is 37.7 Å². The number of methoxy groups -OCH3 is 1. The molecule has 0 N–H and O–H groups in total. The molecular formula is C26H28N4O3. The van der Waals surface area contributed by atoms with Crippen molar-refractivity contribution in [1.29, 1.82) is 0 Å². The lowest BCUT2D eigenvalue weighted by molar-refractivity contribution is 0.0229. The second kappa shape index (κ2) is 7.90. The number of hydrogen-bond donors (Lipinski definition) is 0. The molecule has 6 rings (SSSR count). The summed E-state index contributed by atoms with van der Waals surface area (Å²) in [5.74, 6) is 3.43. The fraction of sp³-hybridized carbons (Fsp3) is 0.423. The second-order valence-electron chi connectivity index (χ2n) is 9.29. The summed E-state index contributed by atoms with van der Waals surface area (Å²) >= 11 is 0. The molecule has 3 aromatic rings. The molecule has 0 saturated carbocycles. The normalized spacial score (nSPS) is 19.6. The van der Waals surface area contributed by atoms with Crippen molar-refractivity contribution in [2.24, 2.45) is 0 Å². The molecule has 2 saturated heterocycles. The van der Waals surface area contributed by atoms with Gasteiger partial charge in [0, 0.05) is 45.1 Å². The highest BCUT2D eigenvalue weighted by molar-refractivity contribution is 6.00. The Morgan fingerprint density at radius 1 is 0.909 bits per heavy atom. The largest absolute Gasteiger partial charge is 0.497 e. The highest BCUT2D eigenvalue weighted by Gasteiger charge is 2.43. The minimum atomic E-state index is -0.467. The minimum Gasteiger partial charge on any atom is -0.497 e. The second-order valence-corrected chi connectivity index (χ2v) is 9.29. The number of ether oxygens (including phenoxy) is 2. The van der Waals surface area contributed by atoms with Crippen molar-refractivity contribution in [3.63, 3.8) is 0 Å². The topological polar surface area (TPSA) is 67.8 Å². The van der Waals surface area contributed by atoms with E-state index in [1.165, 1.54) is 12.8 Å². The molecule has 0 atom stereocenters. The first kappa shape index (κ1) is 20.3. The predicted octanol–water partition coefficient (Wildman–Crippen LogP) is 4.24. The quantitative estimate of drug-likeness (QED) is 0.598. The minimum absolute atomic E-state index is 0.149. The molecule has 2 aromatic carbocycles. The third kappa shape index (κ3) is 3.56. The van der Waals surface area contributed by atoms with Gasteiger partial charge in [-0.2, -0.15) is 0 Å². The van der Waals surface area contributed by atoms with Gasteiger partial charge in [-0.3, -0.25) is 4.79 Å². The number of rotatable bonds is 3. The van der Waals surface area contributed by atoms with E-state index in [9.17, 15) is 4.79 Å². The molecule has 0 bridgehead atoms. The van der Waals surface area contributed by atoms with Gasteiger partial charge in [0.25, 0.3) is 0 Å². The summed E-state index contributed by atoms with van der Waals surface area (Å²) in [6, 6.07) is 13.5. The lowest BCUT2D eigenvalue weighted by Crippen LogP contribution is -2.51. The van der Waals surface area contributed by atoms with Crippen LogP contribution in [0.2, 0.25) is 0 Å². The van der Waals surface area contributed by atoms with Crippen molar-refractivity contribution < 1.29 is 14.3 Å². The standard InChI is InChI=1S/C26H28N4O3/c1-32-18-8-9-19-22(31)17-26(33-23(19)16-18)10-14-30(15-11-26)25-24(29-12-4-5-13-29)27-20-6-2-3-7-21(20)28-25/h2-3,6-9,16H,4-5,10-15,17H2,1H3. The summed E-state index contributed by atoms with van der Waals surface area (Å²) in [5.41, 5.74) is 2.04. The van der Waals surface area contributed by atoms with E-state index in [0.29, 0.717) is 23.5 Å². The molecule has 7 heteroatoms. The molecular weight excluding hydrogens is 416 g/mol. The van der Waals surface area contributed by atoms with Crippen LogP contribution in [0, 0.1) is 0 Å². The van der Waals surface area contributed by atoms with Gasteiger partial charge in [-0.25, -0.2) is 9.97 Å². The Hall–Kier alpha value is -3.35. The molecule has 0 radical (unpaired) electrons. The van der Waals surface area contributed by atoms with Crippen LogP contribution in [0.4, 0.5) is 11.6 Å². The summed E-state index contributed by atoms with van der Waals surface area (Å²) in [7, 11) is 1.63.